The van der Waals surface area contributed by atoms with Gasteiger partial charge in [0.15, 0.2) is 0 Å². The van der Waals surface area contributed by atoms with E-state index in [1.54, 1.807) is 32.2 Å². The molecule has 0 fully saturated rings. The molecule has 0 saturated carbocycles. The lowest BCUT2D eigenvalue weighted by molar-refractivity contribution is 0.0701. The average molecular weight is 223 g/mol. The first-order chi connectivity index (χ1) is 7.41. The normalized spacial score (nSPS) is 12.2. The van der Waals surface area contributed by atoms with Crippen molar-refractivity contribution in [2.45, 2.75) is 20.0 Å². The van der Waals surface area contributed by atoms with Gasteiger partial charge >= 0.3 is 0 Å². The summed E-state index contributed by atoms with van der Waals surface area (Å²) in [5, 5.41) is 18.8. The van der Waals surface area contributed by atoms with Crippen LogP contribution in [0.1, 0.15) is 22.8 Å². The predicted molar refractivity (Wildman–Crippen MR) is 61.5 cm³/mol. The first kappa shape index (κ1) is 12.5. The second kappa shape index (κ2) is 4.99. The number of carbonyl (C=O) groups excluding carboxylic acids is 1. The highest BCUT2D eigenvalue weighted by molar-refractivity contribution is 5.96. The fraction of sp³-hybridized carbons (Fsp3) is 0.417. The predicted octanol–water partition coefficient (Wildman–Crippen LogP) is 1.15. The van der Waals surface area contributed by atoms with E-state index in [1.165, 1.54) is 4.90 Å². The standard InChI is InChI=1S/C12H17NO3/c1-8-4-5-10(11(15)6-8)12(16)13(3)7-9(2)14/h4-6,9,14-15H,7H2,1-3H3. The molecule has 1 amide bonds. The third-order valence-corrected chi connectivity index (χ3v) is 2.27. The molecule has 2 N–H and O–H groups in total. The summed E-state index contributed by atoms with van der Waals surface area (Å²) in [5.74, 6) is -0.319. The number of amides is 1. The molecule has 1 aromatic rings. The molecule has 0 aliphatic rings. The Bertz CT molecular complexity index is 388. The summed E-state index contributed by atoms with van der Waals surface area (Å²) in [7, 11) is 1.59. The van der Waals surface area contributed by atoms with Crippen LogP contribution >= 0.6 is 0 Å². The van der Waals surface area contributed by atoms with Gasteiger partial charge in [-0.25, -0.2) is 0 Å². The van der Waals surface area contributed by atoms with Crippen molar-refractivity contribution in [2.24, 2.45) is 0 Å². The molecular weight excluding hydrogens is 206 g/mol. The number of rotatable bonds is 3. The molecule has 16 heavy (non-hydrogen) atoms. The molecule has 0 saturated heterocycles. The van der Waals surface area contributed by atoms with Gasteiger partial charge in [-0.1, -0.05) is 6.07 Å². The van der Waals surface area contributed by atoms with E-state index in [1.807, 2.05) is 6.92 Å². The summed E-state index contributed by atoms with van der Waals surface area (Å²) in [4.78, 5) is 13.3. The quantitative estimate of drug-likeness (QED) is 0.808. The van der Waals surface area contributed by atoms with Gasteiger partial charge in [-0.15, -0.1) is 0 Å². The summed E-state index contributed by atoms with van der Waals surface area (Å²) in [6, 6.07) is 4.90. The highest BCUT2D eigenvalue weighted by Crippen LogP contribution is 2.19. The monoisotopic (exact) mass is 223 g/mol. The van der Waals surface area contributed by atoms with Crippen LogP contribution in [-0.4, -0.2) is 40.7 Å². The number of aliphatic hydroxyl groups excluding tert-OH is 1. The zero-order chi connectivity index (χ0) is 12.3. The number of benzene rings is 1. The maximum absolute atomic E-state index is 11.9. The van der Waals surface area contributed by atoms with Crippen LogP contribution in [-0.2, 0) is 0 Å². The van der Waals surface area contributed by atoms with Crippen LogP contribution in [0.15, 0.2) is 18.2 Å². The van der Waals surface area contributed by atoms with E-state index >= 15 is 0 Å². The zero-order valence-corrected chi connectivity index (χ0v) is 9.77. The second-order valence-electron chi connectivity index (χ2n) is 4.06. The lowest BCUT2D eigenvalue weighted by Crippen LogP contribution is -2.33. The zero-order valence-electron chi connectivity index (χ0n) is 9.77. The van der Waals surface area contributed by atoms with Crippen molar-refractivity contribution in [1.29, 1.82) is 0 Å². The van der Waals surface area contributed by atoms with Crippen LogP contribution < -0.4 is 0 Å². The molecule has 0 heterocycles. The number of carbonyl (C=O) groups is 1. The Balaban J connectivity index is 2.88. The minimum absolute atomic E-state index is 0.0255. The molecule has 0 aliphatic heterocycles. The summed E-state index contributed by atoms with van der Waals surface area (Å²) in [6.45, 7) is 3.69. The summed E-state index contributed by atoms with van der Waals surface area (Å²) in [6.07, 6.45) is -0.582. The first-order valence-corrected chi connectivity index (χ1v) is 5.15. The van der Waals surface area contributed by atoms with Crippen molar-refractivity contribution in [3.8, 4) is 5.75 Å². The Kier molecular flexibility index (Phi) is 3.90. The highest BCUT2D eigenvalue weighted by Gasteiger charge is 2.16. The molecule has 0 aliphatic carbocycles. The molecule has 1 unspecified atom stereocenters. The van der Waals surface area contributed by atoms with E-state index in [0.717, 1.165) is 5.56 Å². The van der Waals surface area contributed by atoms with Gasteiger partial charge in [0, 0.05) is 13.6 Å². The molecule has 4 heteroatoms. The van der Waals surface area contributed by atoms with E-state index < -0.39 is 6.10 Å². The van der Waals surface area contributed by atoms with Crippen molar-refractivity contribution in [3.63, 3.8) is 0 Å². The Morgan fingerprint density at radius 2 is 2.12 bits per heavy atom. The van der Waals surface area contributed by atoms with Crippen LogP contribution in [0.25, 0.3) is 0 Å². The largest absolute Gasteiger partial charge is 0.507 e. The first-order valence-electron chi connectivity index (χ1n) is 5.15. The number of phenols is 1. The SMILES string of the molecule is Cc1ccc(C(=O)N(C)CC(C)O)c(O)c1. The fourth-order valence-electron chi connectivity index (χ4n) is 1.51. The van der Waals surface area contributed by atoms with Gasteiger partial charge in [0.1, 0.15) is 5.75 Å². The highest BCUT2D eigenvalue weighted by atomic mass is 16.3. The average Bonchev–Trinajstić information content (AvgIpc) is 2.15. The van der Waals surface area contributed by atoms with Crippen molar-refractivity contribution in [3.05, 3.63) is 29.3 Å². The van der Waals surface area contributed by atoms with Crippen molar-refractivity contribution in [2.75, 3.05) is 13.6 Å². The van der Waals surface area contributed by atoms with Crippen molar-refractivity contribution >= 4 is 5.91 Å². The number of nitrogens with zero attached hydrogens (tertiary/aromatic N) is 1. The van der Waals surface area contributed by atoms with Crippen LogP contribution in [0, 0.1) is 6.92 Å². The van der Waals surface area contributed by atoms with Crippen molar-refractivity contribution < 1.29 is 15.0 Å². The second-order valence-corrected chi connectivity index (χ2v) is 4.06. The van der Waals surface area contributed by atoms with E-state index in [2.05, 4.69) is 0 Å². The maximum atomic E-state index is 11.9. The number of aliphatic hydroxyl groups is 1. The molecule has 4 nitrogen and oxygen atoms in total. The Morgan fingerprint density at radius 1 is 1.50 bits per heavy atom. The Hall–Kier alpha value is -1.55. The van der Waals surface area contributed by atoms with Crippen molar-refractivity contribution in [1.82, 2.24) is 4.90 Å². The lowest BCUT2D eigenvalue weighted by atomic mass is 10.1. The molecule has 88 valence electrons. The summed E-state index contributed by atoms with van der Waals surface area (Å²) >= 11 is 0. The minimum atomic E-state index is -0.582. The van der Waals surface area contributed by atoms with E-state index in [4.69, 9.17) is 0 Å². The minimum Gasteiger partial charge on any atom is -0.507 e. The Labute approximate surface area is 95.1 Å². The van der Waals surface area contributed by atoms with Crippen LogP contribution in [0.4, 0.5) is 0 Å². The third-order valence-electron chi connectivity index (χ3n) is 2.27. The summed E-state index contributed by atoms with van der Waals surface area (Å²) < 4.78 is 0. The van der Waals surface area contributed by atoms with Gasteiger partial charge in [0.2, 0.25) is 0 Å². The molecule has 0 spiro atoms. The van der Waals surface area contributed by atoms with Gasteiger partial charge < -0.3 is 15.1 Å². The smallest absolute Gasteiger partial charge is 0.257 e. The number of aromatic hydroxyl groups is 1. The van der Waals surface area contributed by atoms with E-state index in [-0.39, 0.29) is 23.8 Å². The number of hydrogen-bond donors (Lipinski definition) is 2. The third kappa shape index (κ3) is 2.97. The van der Waals surface area contributed by atoms with Crippen LogP contribution in [0.2, 0.25) is 0 Å². The van der Waals surface area contributed by atoms with Gasteiger partial charge in [-0.2, -0.15) is 0 Å². The molecule has 1 atom stereocenters. The van der Waals surface area contributed by atoms with E-state index in [0.29, 0.717) is 0 Å². The maximum Gasteiger partial charge on any atom is 0.257 e. The molecular formula is C12H17NO3. The lowest BCUT2D eigenvalue weighted by Gasteiger charge is -2.19. The Morgan fingerprint density at radius 3 is 2.62 bits per heavy atom. The topological polar surface area (TPSA) is 60.8 Å². The summed E-state index contributed by atoms with van der Waals surface area (Å²) in [5.41, 5.74) is 1.15. The number of phenolic OH excluding ortho intramolecular Hbond substituents is 1. The van der Waals surface area contributed by atoms with Crippen LogP contribution in [0.3, 0.4) is 0 Å². The molecule has 0 radical (unpaired) electrons. The molecule has 0 aromatic heterocycles. The van der Waals surface area contributed by atoms with Gasteiger partial charge in [0.25, 0.3) is 5.91 Å². The number of aryl methyl sites for hydroxylation is 1. The fourth-order valence-corrected chi connectivity index (χ4v) is 1.51. The number of hydrogen-bond acceptors (Lipinski definition) is 3. The van der Waals surface area contributed by atoms with Gasteiger partial charge in [0.05, 0.1) is 11.7 Å². The van der Waals surface area contributed by atoms with Crippen LogP contribution in [0.5, 0.6) is 5.75 Å². The number of likely N-dealkylation sites (N-methyl/N-ethyl adjacent to an activating group) is 1. The van der Waals surface area contributed by atoms with Gasteiger partial charge in [-0.05, 0) is 31.5 Å². The molecule has 1 aromatic carbocycles. The van der Waals surface area contributed by atoms with Gasteiger partial charge in [-0.3, -0.25) is 4.79 Å². The molecule has 1 rings (SSSR count). The van der Waals surface area contributed by atoms with E-state index in [9.17, 15) is 15.0 Å². The molecule has 0 bridgehead atoms.